The number of nitriles is 1. The molecule has 0 aromatic heterocycles. The van der Waals surface area contributed by atoms with Gasteiger partial charge in [0.2, 0.25) is 0 Å². The van der Waals surface area contributed by atoms with Gasteiger partial charge < -0.3 is 5.11 Å². The Morgan fingerprint density at radius 1 is 1.36 bits per heavy atom. The van der Waals surface area contributed by atoms with Gasteiger partial charge in [-0.05, 0) is 5.56 Å². The SMILES string of the molecule is N#C/C(=C/O)c1ccccc1. The minimum absolute atomic E-state index is 0.283. The number of allylic oxidation sites excluding steroid dienone is 1. The van der Waals surface area contributed by atoms with Gasteiger partial charge in [-0.25, -0.2) is 0 Å². The van der Waals surface area contributed by atoms with Crippen LogP contribution in [0.25, 0.3) is 5.57 Å². The number of aliphatic hydroxyl groups excluding tert-OH is 1. The van der Waals surface area contributed by atoms with Gasteiger partial charge in [-0.15, -0.1) is 0 Å². The molecule has 0 heterocycles. The molecule has 0 amide bonds. The van der Waals surface area contributed by atoms with Crippen LogP contribution in [0, 0.1) is 11.3 Å². The van der Waals surface area contributed by atoms with Crippen molar-refractivity contribution in [2.24, 2.45) is 0 Å². The van der Waals surface area contributed by atoms with Crippen molar-refractivity contribution < 1.29 is 5.11 Å². The van der Waals surface area contributed by atoms with Crippen LogP contribution in [0.1, 0.15) is 5.56 Å². The predicted molar refractivity (Wildman–Crippen MR) is 42.7 cm³/mol. The summed E-state index contributed by atoms with van der Waals surface area (Å²) in [7, 11) is 0. The Hall–Kier alpha value is -1.75. The Bertz CT molecular complexity index is 295. The second kappa shape index (κ2) is 3.43. The molecule has 0 bridgehead atoms. The average Bonchev–Trinajstić information content (AvgIpc) is 2.09. The minimum Gasteiger partial charge on any atom is -0.514 e. The van der Waals surface area contributed by atoms with E-state index >= 15 is 0 Å². The summed E-state index contributed by atoms with van der Waals surface area (Å²) in [6.07, 6.45) is 0.815. The smallest absolute Gasteiger partial charge is 0.103 e. The third kappa shape index (κ3) is 1.59. The molecule has 0 aliphatic rings. The third-order valence-corrected chi connectivity index (χ3v) is 1.33. The summed E-state index contributed by atoms with van der Waals surface area (Å²) >= 11 is 0. The van der Waals surface area contributed by atoms with Crippen molar-refractivity contribution in [1.29, 1.82) is 5.26 Å². The molecule has 2 nitrogen and oxygen atoms in total. The first-order valence-corrected chi connectivity index (χ1v) is 3.18. The number of aliphatic hydroxyl groups is 1. The van der Waals surface area contributed by atoms with Crippen LogP contribution in [0.2, 0.25) is 0 Å². The maximum absolute atomic E-state index is 8.59. The standard InChI is InChI=1S/C9H7NO/c10-6-9(7-11)8-4-2-1-3-5-8/h1-5,7,11H/b9-7-. The van der Waals surface area contributed by atoms with E-state index in [0.29, 0.717) is 0 Å². The van der Waals surface area contributed by atoms with Gasteiger partial charge in [0.05, 0.1) is 11.8 Å². The molecule has 0 spiro atoms. The Morgan fingerprint density at radius 2 is 2.00 bits per heavy atom. The highest BCUT2D eigenvalue weighted by Gasteiger charge is 1.96. The van der Waals surface area contributed by atoms with E-state index in [0.717, 1.165) is 11.8 Å². The minimum atomic E-state index is 0.283. The van der Waals surface area contributed by atoms with E-state index in [9.17, 15) is 0 Å². The molecule has 1 N–H and O–H groups in total. The average molecular weight is 145 g/mol. The fourth-order valence-corrected chi connectivity index (χ4v) is 0.786. The van der Waals surface area contributed by atoms with E-state index in [1.54, 1.807) is 12.1 Å². The zero-order valence-electron chi connectivity index (χ0n) is 5.86. The van der Waals surface area contributed by atoms with Crippen molar-refractivity contribution in [3.8, 4) is 6.07 Å². The fourth-order valence-electron chi connectivity index (χ4n) is 0.786. The summed E-state index contributed by atoms with van der Waals surface area (Å²) in [5.74, 6) is 0. The molecule has 0 aliphatic carbocycles. The van der Waals surface area contributed by atoms with Crippen LogP contribution in [0.5, 0.6) is 0 Å². The van der Waals surface area contributed by atoms with Crippen molar-refractivity contribution >= 4 is 5.57 Å². The largest absolute Gasteiger partial charge is 0.514 e. The number of hydrogen-bond acceptors (Lipinski definition) is 2. The first kappa shape index (κ1) is 7.36. The molecule has 2 heteroatoms. The lowest BCUT2D eigenvalue weighted by Gasteiger charge is -1.93. The molecule has 1 rings (SSSR count). The summed E-state index contributed by atoms with van der Waals surface area (Å²) in [4.78, 5) is 0. The second-order valence-corrected chi connectivity index (χ2v) is 2.02. The zero-order chi connectivity index (χ0) is 8.10. The molecular formula is C9H7NO. The van der Waals surface area contributed by atoms with E-state index in [2.05, 4.69) is 0 Å². The van der Waals surface area contributed by atoms with Gasteiger partial charge in [-0.2, -0.15) is 5.26 Å². The lowest BCUT2D eigenvalue weighted by molar-refractivity contribution is 0.476. The number of nitrogens with zero attached hydrogens (tertiary/aromatic N) is 1. The Kier molecular flexibility index (Phi) is 2.29. The van der Waals surface area contributed by atoms with Crippen LogP contribution >= 0.6 is 0 Å². The van der Waals surface area contributed by atoms with E-state index < -0.39 is 0 Å². The van der Waals surface area contributed by atoms with Crippen molar-refractivity contribution in [3.63, 3.8) is 0 Å². The topological polar surface area (TPSA) is 44.0 Å². The van der Waals surface area contributed by atoms with E-state index in [4.69, 9.17) is 10.4 Å². The van der Waals surface area contributed by atoms with Gasteiger partial charge in [0.15, 0.2) is 0 Å². The molecule has 1 aromatic rings. The van der Waals surface area contributed by atoms with E-state index in [1.807, 2.05) is 24.3 Å². The maximum Gasteiger partial charge on any atom is 0.103 e. The summed E-state index contributed by atoms with van der Waals surface area (Å²) in [6, 6.07) is 10.9. The van der Waals surface area contributed by atoms with Crippen LogP contribution in [-0.4, -0.2) is 5.11 Å². The molecule has 11 heavy (non-hydrogen) atoms. The van der Waals surface area contributed by atoms with Gasteiger partial charge in [-0.3, -0.25) is 0 Å². The highest BCUT2D eigenvalue weighted by Crippen LogP contribution is 2.10. The number of benzene rings is 1. The molecule has 0 radical (unpaired) electrons. The van der Waals surface area contributed by atoms with Gasteiger partial charge in [0, 0.05) is 0 Å². The van der Waals surface area contributed by atoms with Crippen LogP contribution in [-0.2, 0) is 0 Å². The highest BCUT2D eigenvalue weighted by molar-refractivity contribution is 5.75. The summed E-state index contributed by atoms with van der Waals surface area (Å²) in [6.45, 7) is 0. The summed E-state index contributed by atoms with van der Waals surface area (Å²) in [5, 5.41) is 17.1. The summed E-state index contributed by atoms with van der Waals surface area (Å²) < 4.78 is 0. The Labute approximate surface area is 65.0 Å². The zero-order valence-corrected chi connectivity index (χ0v) is 5.86. The lowest BCUT2D eigenvalue weighted by Crippen LogP contribution is -1.78. The quantitative estimate of drug-likeness (QED) is 0.485. The van der Waals surface area contributed by atoms with E-state index in [1.165, 1.54) is 0 Å². The third-order valence-electron chi connectivity index (χ3n) is 1.33. The van der Waals surface area contributed by atoms with Crippen LogP contribution in [0.15, 0.2) is 36.6 Å². The first-order chi connectivity index (χ1) is 5.38. The molecular weight excluding hydrogens is 138 g/mol. The molecule has 0 atom stereocenters. The first-order valence-electron chi connectivity index (χ1n) is 3.18. The molecule has 0 saturated carbocycles. The second-order valence-electron chi connectivity index (χ2n) is 2.02. The molecule has 0 unspecified atom stereocenters. The lowest BCUT2D eigenvalue weighted by atomic mass is 10.1. The maximum atomic E-state index is 8.59. The van der Waals surface area contributed by atoms with Crippen molar-refractivity contribution in [3.05, 3.63) is 42.2 Å². The molecule has 0 saturated heterocycles. The summed E-state index contributed by atoms with van der Waals surface area (Å²) in [5.41, 5.74) is 1.02. The molecule has 54 valence electrons. The van der Waals surface area contributed by atoms with Crippen molar-refractivity contribution in [2.75, 3.05) is 0 Å². The van der Waals surface area contributed by atoms with Crippen LogP contribution < -0.4 is 0 Å². The van der Waals surface area contributed by atoms with Crippen molar-refractivity contribution in [2.45, 2.75) is 0 Å². The van der Waals surface area contributed by atoms with Gasteiger partial charge in [-0.1, -0.05) is 30.3 Å². The molecule has 0 fully saturated rings. The number of rotatable bonds is 1. The van der Waals surface area contributed by atoms with Crippen LogP contribution in [0.4, 0.5) is 0 Å². The predicted octanol–water partition coefficient (Wildman–Crippen LogP) is 2.11. The number of hydrogen-bond donors (Lipinski definition) is 1. The normalized spacial score (nSPS) is 10.6. The van der Waals surface area contributed by atoms with Crippen LogP contribution in [0.3, 0.4) is 0 Å². The van der Waals surface area contributed by atoms with E-state index in [-0.39, 0.29) is 5.57 Å². The van der Waals surface area contributed by atoms with Gasteiger partial charge in [0.25, 0.3) is 0 Å². The monoisotopic (exact) mass is 145 g/mol. The Balaban J connectivity index is 3.05. The van der Waals surface area contributed by atoms with Crippen molar-refractivity contribution in [1.82, 2.24) is 0 Å². The van der Waals surface area contributed by atoms with Gasteiger partial charge >= 0.3 is 0 Å². The molecule has 1 aromatic carbocycles. The molecule has 0 aliphatic heterocycles. The highest BCUT2D eigenvalue weighted by atomic mass is 16.2. The Morgan fingerprint density at radius 3 is 2.45 bits per heavy atom. The van der Waals surface area contributed by atoms with Gasteiger partial charge in [0.1, 0.15) is 6.07 Å². The fraction of sp³-hybridized carbons (Fsp3) is 0.